The van der Waals surface area contributed by atoms with Crippen molar-refractivity contribution in [3.8, 4) is 0 Å². The summed E-state index contributed by atoms with van der Waals surface area (Å²) in [6.07, 6.45) is 0. The maximum atomic E-state index is 2.08. The van der Waals surface area contributed by atoms with Crippen molar-refractivity contribution in [1.82, 2.24) is 0 Å². The van der Waals surface area contributed by atoms with E-state index in [1.165, 1.54) is 17.8 Å². The molecule has 0 unspecified atom stereocenters. The van der Waals surface area contributed by atoms with E-state index in [-0.39, 0.29) is 19.5 Å². The molecule has 0 aliphatic heterocycles. The van der Waals surface area contributed by atoms with E-state index < -0.39 is 0 Å². The van der Waals surface area contributed by atoms with Gasteiger partial charge in [0.2, 0.25) is 0 Å². The van der Waals surface area contributed by atoms with Crippen LogP contribution in [0.15, 0.2) is 0 Å². The Hall–Kier alpha value is 0.623. The fourth-order valence-corrected chi connectivity index (χ4v) is 0. The van der Waals surface area contributed by atoms with Crippen LogP contribution in [0.5, 0.6) is 0 Å². The van der Waals surface area contributed by atoms with Gasteiger partial charge in [0.15, 0.2) is 0 Å². The first-order valence-electron chi connectivity index (χ1n) is 4.50. The molecule has 13 heavy (non-hydrogen) atoms. The Morgan fingerprint density at radius 1 is 0.385 bits per heavy atom. The van der Waals surface area contributed by atoms with Crippen LogP contribution >= 0.6 is 0 Å². The molecule has 0 spiro atoms. The minimum Gasteiger partial charge on any atom is -0.323 e. The second kappa shape index (κ2) is 18.4. The molecule has 0 atom stereocenters. The first-order valence-corrected chi connectivity index (χ1v) is 4.50. The molecule has 0 nitrogen and oxygen atoms in total. The first-order chi connectivity index (χ1) is 5.20. The summed E-state index contributed by atoms with van der Waals surface area (Å²) in [5.41, 5.74) is 0. The molecule has 0 fully saturated rings. The van der Waals surface area contributed by atoms with Gasteiger partial charge in [-0.05, 0) is 0 Å². The van der Waals surface area contributed by atoms with E-state index in [0.717, 1.165) is 0 Å². The molecule has 0 bridgehead atoms. The van der Waals surface area contributed by atoms with E-state index in [4.69, 9.17) is 0 Å². The van der Waals surface area contributed by atoms with Gasteiger partial charge in [0.25, 0.3) is 0 Å². The van der Waals surface area contributed by atoms with Crippen LogP contribution < -0.4 is 0 Å². The Morgan fingerprint density at radius 3 is 0.385 bits per heavy atom. The number of hydrogen-bond donors (Lipinski definition) is 0. The Labute approximate surface area is 99.6 Å². The third-order valence-electron chi connectivity index (χ3n) is 0. The summed E-state index contributed by atoms with van der Waals surface area (Å²) in [6.45, 7) is 18.8. The Kier molecular flexibility index (Phi) is 33.2. The molecule has 0 saturated heterocycles. The molecule has 0 aromatic heterocycles. The predicted octanol–water partition coefficient (Wildman–Crippen LogP) is 4.86. The van der Waals surface area contributed by atoms with Crippen molar-refractivity contribution >= 4 is 0 Å². The van der Waals surface area contributed by atoms with Gasteiger partial charge in [-0.2, -0.15) is 62.3 Å². The average Bonchev–Trinajstić information content (AvgIpc) is 1.54. The SMILES string of the molecule is C[C-](C)C.C[C-](C)C.C[C-](C)C.[Ru+3]. The largest absolute Gasteiger partial charge is 3.00 e. The monoisotopic (exact) mass is 273 g/mol. The quantitative estimate of drug-likeness (QED) is 0.436. The van der Waals surface area contributed by atoms with E-state index in [0.29, 0.717) is 0 Å². The van der Waals surface area contributed by atoms with Crippen molar-refractivity contribution < 1.29 is 19.5 Å². The first kappa shape index (κ1) is 23.4. The van der Waals surface area contributed by atoms with Gasteiger partial charge < -0.3 is 17.8 Å². The molecule has 0 aromatic carbocycles. The fraction of sp³-hybridized carbons (Fsp3) is 0.750. The second-order valence-corrected chi connectivity index (χ2v) is 4.50. The predicted molar refractivity (Wildman–Crippen MR) is 60.8 cm³/mol. The van der Waals surface area contributed by atoms with Gasteiger partial charge in [0, 0.05) is 0 Å². The molecule has 83 valence electrons. The molecule has 0 aliphatic carbocycles. The standard InChI is InChI=1S/3C4H9.Ru/c3*1-4(2)3;/h3*1-3H3;/q3*-1;+3. The Balaban J connectivity index is -0.0000000450. The normalized spacial score (nSPS) is 8.31. The van der Waals surface area contributed by atoms with Gasteiger partial charge in [0.1, 0.15) is 0 Å². The zero-order valence-corrected chi connectivity index (χ0v) is 12.6. The molecule has 1 radical (unpaired) electrons. The van der Waals surface area contributed by atoms with Crippen molar-refractivity contribution in [2.24, 2.45) is 0 Å². The zero-order valence-electron chi connectivity index (χ0n) is 10.9. The Bertz CT molecular complexity index is 33.6. The van der Waals surface area contributed by atoms with Gasteiger partial charge in [-0.1, -0.05) is 0 Å². The van der Waals surface area contributed by atoms with Crippen molar-refractivity contribution in [3.05, 3.63) is 17.8 Å². The van der Waals surface area contributed by atoms with Crippen LogP contribution in [-0.2, 0) is 19.5 Å². The minimum absolute atomic E-state index is 0. The summed E-state index contributed by atoms with van der Waals surface area (Å²) in [6, 6.07) is 0. The summed E-state index contributed by atoms with van der Waals surface area (Å²) in [5, 5.41) is 0. The molecule has 0 N–H and O–H groups in total. The van der Waals surface area contributed by atoms with Crippen LogP contribution in [0.3, 0.4) is 0 Å². The van der Waals surface area contributed by atoms with Crippen LogP contribution in [0.25, 0.3) is 0 Å². The van der Waals surface area contributed by atoms with Crippen LogP contribution in [0.2, 0.25) is 0 Å². The summed E-state index contributed by atoms with van der Waals surface area (Å²) in [7, 11) is 0. The average molecular weight is 272 g/mol. The zero-order chi connectivity index (χ0) is 10.7. The summed E-state index contributed by atoms with van der Waals surface area (Å²) in [5.74, 6) is 4.25. The summed E-state index contributed by atoms with van der Waals surface area (Å²) >= 11 is 0. The van der Waals surface area contributed by atoms with Crippen LogP contribution in [0, 0.1) is 17.8 Å². The van der Waals surface area contributed by atoms with Gasteiger partial charge in [0.05, 0.1) is 0 Å². The van der Waals surface area contributed by atoms with E-state index in [2.05, 4.69) is 62.3 Å². The molecular weight excluding hydrogens is 245 g/mol. The van der Waals surface area contributed by atoms with Crippen molar-refractivity contribution in [2.45, 2.75) is 62.3 Å². The maximum Gasteiger partial charge on any atom is 3.00 e. The van der Waals surface area contributed by atoms with Crippen molar-refractivity contribution in [1.29, 1.82) is 0 Å². The molecule has 0 aliphatic rings. The van der Waals surface area contributed by atoms with E-state index in [1.807, 2.05) is 0 Å². The van der Waals surface area contributed by atoms with Crippen molar-refractivity contribution in [3.63, 3.8) is 0 Å². The number of rotatable bonds is 0. The second-order valence-electron chi connectivity index (χ2n) is 4.50. The molecule has 0 aromatic rings. The maximum absolute atomic E-state index is 2.08. The molecular formula is C12H27Ru. The molecule has 0 heterocycles. The minimum atomic E-state index is 0. The van der Waals surface area contributed by atoms with Crippen molar-refractivity contribution in [2.75, 3.05) is 0 Å². The molecule has 1 heteroatoms. The smallest absolute Gasteiger partial charge is 0.323 e. The third-order valence-corrected chi connectivity index (χ3v) is 0. The van der Waals surface area contributed by atoms with Crippen LogP contribution in [-0.4, -0.2) is 0 Å². The van der Waals surface area contributed by atoms with E-state index >= 15 is 0 Å². The fourth-order valence-electron chi connectivity index (χ4n) is 0. The Morgan fingerprint density at radius 2 is 0.385 bits per heavy atom. The van der Waals surface area contributed by atoms with Gasteiger partial charge in [-0.25, -0.2) is 0 Å². The molecule has 0 amide bonds. The van der Waals surface area contributed by atoms with Gasteiger partial charge >= 0.3 is 19.5 Å². The van der Waals surface area contributed by atoms with Crippen LogP contribution in [0.4, 0.5) is 0 Å². The molecule has 0 saturated carbocycles. The summed E-state index contributed by atoms with van der Waals surface area (Å²) in [4.78, 5) is 0. The van der Waals surface area contributed by atoms with Gasteiger partial charge in [-0.15, -0.1) is 0 Å². The third kappa shape index (κ3) is 3670. The van der Waals surface area contributed by atoms with Gasteiger partial charge in [-0.3, -0.25) is 0 Å². The number of hydrogen-bond acceptors (Lipinski definition) is 0. The summed E-state index contributed by atoms with van der Waals surface area (Å²) < 4.78 is 0. The topological polar surface area (TPSA) is 0 Å². The van der Waals surface area contributed by atoms with E-state index in [1.54, 1.807) is 0 Å². The van der Waals surface area contributed by atoms with Crippen LogP contribution in [0.1, 0.15) is 62.3 Å². The van der Waals surface area contributed by atoms with E-state index in [9.17, 15) is 0 Å². The molecule has 0 rings (SSSR count).